The minimum absolute atomic E-state index is 0.201. The molecular weight excluding hydrogens is 153 g/mol. The lowest BCUT2D eigenvalue weighted by atomic mass is 10.0. The van der Waals surface area contributed by atoms with Gasteiger partial charge in [0.15, 0.2) is 0 Å². The molecule has 2 heteroatoms. The van der Waals surface area contributed by atoms with Crippen molar-refractivity contribution in [1.29, 1.82) is 0 Å². The van der Waals surface area contributed by atoms with Gasteiger partial charge >= 0.3 is 0 Å². The van der Waals surface area contributed by atoms with Gasteiger partial charge in [0.25, 0.3) is 0 Å². The van der Waals surface area contributed by atoms with Crippen molar-refractivity contribution in [2.45, 2.75) is 26.8 Å². The molecule has 66 valence electrons. The fourth-order valence-electron chi connectivity index (χ4n) is 1.15. The van der Waals surface area contributed by atoms with Gasteiger partial charge in [0.05, 0.1) is 0 Å². The molecule has 0 fully saturated rings. The van der Waals surface area contributed by atoms with E-state index in [2.05, 4.69) is 0 Å². The third-order valence-corrected chi connectivity index (χ3v) is 2.10. The van der Waals surface area contributed by atoms with E-state index in [1.54, 1.807) is 6.92 Å². The van der Waals surface area contributed by atoms with Crippen LogP contribution in [0.4, 0.5) is 4.39 Å². The van der Waals surface area contributed by atoms with Crippen LogP contribution in [0.15, 0.2) is 12.1 Å². The second kappa shape index (κ2) is 3.23. The third-order valence-electron chi connectivity index (χ3n) is 2.10. The summed E-state index contributed by atoms with van der Waals surface area (Å²) in [5, 5.41) is 0. The Kier molecular flexibility index (Phi) is 2.48. The average molecular weight is 167 g/mol. The van der Waals surface area contributed by atoms with E-state index in [1.165, 1.54) is 6.07 Å². The number of aryl methyl sites for hydroxylation is 2. The van der Waals surface area contributed by atoms with Gasteiger partial charge in [-0.1, -0.05) is 6.07 Å². The van der Waals surface area contributed by atoms with Crippen LogP contribution in [0.25, 0.3) is 0 Å². The quantitative estimate of drug-likeness (QED) is 0.683. The summed E-state index contributed by atoms with van der Waals surface area (Å²) in [7, 11) is 0. The van der Waals surface area contributed by atoms with Crippen LogP contribution in [0.5, 0.6) is 0 Å². The molecule has 1 aromatic carbocycles. The van der Waals surface area contributed by atoms with Crippen molar-refractivity contribution in [3.63, 3.8) is 0 Å². The van der Waals surface area contributed by atoms with Crippen LogP contribution >= 0.6 is 0 Å². The first-order chi connectivity index (χ1) is 5.52. The monoisotopic (exact) mass is 167 g/mol. The highest BCUT2D eigenvalue weighted by Crippen LogP contribution is 2.18. The molecule has 0 aromatic heterocycles. The van der Waals surface area contributed by atoms with Crippen molar-refractivity contribution < 1.29 is 4.39 Å². The van der Waals surface area contributed by atoms with Crippen molar-refractivity contribution in [2.24, 2.45) is 5.73 Å². The number of hydrogen-bond acceptors (Lipinski definition) is 1. The molecular formula is C10H14FN. The maximum atomic E-state index is 13.2. The summed E-state index contributed by atoms with van der Waals surface area (Å²) in [6, 6.07) is 3.12. The fourth-order valence-corrected chi connectivity index (χ4v) is 1.15. The molecule has 1 rings (SSSR count). The minimum atomic E-state index is -0.232. The Bertz CT molecular complexity index is 292. The third kappa shape index (κ3) is 1.64. The molecule has 0 saturated heterocycles. The van der Waals surface area contributed by atoms with Crippen LogP contribution in [0, 0.1) is 19.7 Å². The summed E-state index contributed by atoms with van der Waals surface area (Å²) in [6.45, 7) is 5.64. The molecule has 2 N–H and O–H groups in total. The number of rotatable bonds is 1. The van der Waals surface area contributed by atoms with Gasteiger partial charge in [-0.25, -0.2) is 4.39 Å². The molecule has 12 heavy (non-hydrogen) atoms. The molecule has 0 radical (unpaired) electrons. The molecule has 0 aliphatic carbocycles. The Hall–Kier alpha value is -0.890. The van der Waals surface area contributed by atoms with Gasteiger partial charge in [-0.15, -0.1) is 0 Å². The summed E-state index contributed by atoms with van der Waals surface area (Å²) in [5.41, 5.74) is 8.25. The highest BCUT2D eigenvalue weighted by molar-refractivity contribution is 5.32. The van der Waals surface area contributed by atoms with Crippen LogP contribution in [-0.4, -0.2) is 0 Å². The lowest BCUT2D eigenvalue weighted by Crippen LogP contribution is -2.08. The first kappa shape index (κ1) is 9.20. The molecule has 0 aliphatic heterocycles. The SMILES string of the molecule is Cc1cc(F)c([C@@H](C)N)cc1C. The van der Waals surface area contributed by atoms with E-state index in [0.717, 1.165) is 11.1 Å². The highest BCUT2D eigenvalue weighted by Gasteiger charge is 2.07. The van der Waals surface area contributed by atoms with Crippen LogP contribution in [0.3, 0.4) is 0 Å². The molecule has 1 aromatic rings. The zero-order chi connectivity index (χ0) is 9.30. The van der Waals surface area contributed by atoms with Crippen LogP contribution in [0.1, 0.15) is 29.7 Å². The van der Waals surface area contributed by atoms with E-state index >= 15 is 0 Å². The summed E-state index contributed by atoms with van der Waals surface area (Å²) in [4.78, 5) is 0. The lowest BCUT2D eigenvalue weighted by molar-refractivity contribution is 0.592. The maximum absolute atomic E-state index is 13.2. The minimum Gasteiger partial charge on any atom is -0.324 e. The van der Waals surface area contributed by atoms with E-state index in [0.29, 0.717) is 5.56 Å². The van der Waals surface area contributed by atoms with Gasteiger partial charge in [0, 0.05) is 11.6 Å². The molecule has 1 atom stereocenters. The molecule has 0 unspecified atom stereocenters. The second-order valence-corrected chi connectivity index (χ2v) is 3.25. The van der Waals surface area contributed by atoms with Crippen LogP contribution < -0.4 is 5.73 Å². The summed E-state index contributed by atoms with van der Waals surface area (Å²) in [6.07, 6.45) is 0. The second-order valence-electron chi connectivity index (χ2n) is 3.25. The Morgan fingerprint density at radius 3 is 2.25 bits per heavy atom. The van der Waals surface area contributed by atoms with Gasteiger partial charge in [-0.3, -0.25) is 0 Å². The highest BCUT2D eigenvalue weighted by atomic mass is 19.1. The van der Waals surface area contributed by atoms with Crippen LogP contribution in [-0.2, 0) is 0 Å². The molecule has 0 bridgehead atoms. The smallest absolute Gasteiger partial charge is 0.128 e. The zero-order valence-corrected chi connectivity index (χ0v) is 7.69. The standard InChI is InChI=1S/C10H14FN/c1-6-4-9(8(3)12)10(11)5-7(6)2/h4-5,8H,12H2,1-3H3/t8-/m1/s1. The van der Waals surface area contributed by atoms with Gasteiger partial charge in [-0.2, -0.15) is 0 Å². The van der Waals surface area contributed by atoms with Crippen molar-refractivity contribution >= 4 is 0 Å². The Balaban J connectivity index is 3.23. The van der Waals surface area contributed by atoms with E-state index < -0.39 is 0 Å². The molecule has 0 aliphatic rings. The van der Waals surface area contributed by atoms with Crippen molar-refractivity contribution in [3.05, 3.63) is 34.6 Å². The zero-order valence-electron chi connectivity index (χ0n) is 7.69. The Labute approximate surface area is 72.4 Å². The molecule has 1 nitrogen and oxygen atoms in total. The van der Waals surface area contributed by atoms with Gasteiger partial charge in [0.2, 0.25) is 0 Å². The molecule has 0 amide bonds. The number of hydrogen-bond donors (Lipinski definition) is 1. The first-order valence-corrected chi connectivity index (χ1v) is 4.04. The predicted octanol–water partition coefficient (Wildman–Crippen LogP) is 2.46. The number of nitrogens with two attached hydrogens (primary N) is 1. The van der Waals surface area contributed by atoms with Crippen molar-refractivity contribution in [1.82, 2.24) is 0 Å². The lowest BCUT2D eigenvalue weighted by Gasteiger charge is -2.09. The largest absolute Gasteiger partial charge is 0.324 e. The predicted molar refractivity (Wildman–Crippen MR) is 48.5 cm³/mol. The number of halogens is 1. The number of benzene rings is 1. The summed E-state index contributed by atoms with van der Waals surface area (Å²) >= 11 is 0. The Morgan fingerprint density at radius 1 is 1.25 bits per heavy atom. The van der Waals surface area contributed by atoms with E-state index in [9.17, 15) is 4.39 Å². The van der Waals surface area contributed by atoms with Gasteiger partial charge in [-0.05, 0) is 38.0 Å². The summed E-state index contributed by atoms with van der Waals surface area (Å²) in [5.74, 6) is -0.201. The Morgan fingerprint density at radius 2 is 1.75 bits per heavy atom. The van der Waals surface area contributed by atoms with E-state index in [4.69, 9.17) is 5.73 Å². The molecule has 0 heterocycles. The van der Waals surface area contributed by atoms with E-state index in [-0.39, 0.29) is 11.9 Å². The van der Waals surface area contributed by atoms with Crippen LogP contribution in [0.2, 0.25) is 0 Å². The van der Waals surface area contributed by atoms with Gasteiger partial charge < -0.3 is 5.73 Å². The molecule has 0 spiro atoms. The first-order valence-electron chi connectivity index (χ1n) is 4.04. The maximum Gasteiger partial charge on any atom is 0.128 e. The average Bonchev–Trinajstić information content (AvgIpc) is 1.96. The van der Waals surface area contributed by atoms with Crippen molar-refractivity contribution in [2.75, 3.05) is 0 Å². The van der Waals surface area contributed by atoms with Crippen molar-refractivity contribution in [3.8, 4) is 0 Å². The topological polar surface area (TPSA) is 26.0 Å². The normalized spacial score (nSPS) is 13.1. The fraction of sp³-hybridized carbons (Fsp3) is 0.400. The van der Waals surface area contributed by atoms with E-state index in [1.807, 2.05) is 19.9 Å². The summed E-state index contributed by atoms with van der Waals surface area (Å²) < 4.78 is 13.2. The molecule has 0 saturated carbocycles. The van der Waals surface area contributed by atoms with Gasteiger partial charge in [0.1, 0.15) is 5.82 Å².